The van der Waals surface area contributed by atoms with Gasteiger partial charge in [-0.2, -0.15) is 0 Å². The van der Waals surface area contributed by atoms with Crippen LogP contribution in [0.25, 0.3) is 5.69 Å². The molecular weight excluding hydrogens is 290 g/mol. The molecule has 0 saturated carbocycles. The summed E-state index contributed by atoms with van der Waals surface area (Å²) in [6.07, 6.45) is 4.82. The fraction of sp³-hybridized carbons (Fsp3) is 0. The van der Waals surface area contributed by atoms with Crippen LogP contribution in [0.4, 0.5) is 5.69 Å². The second-order valence-corrected chi connectivity index (χ2v) is 4.60. The number of benzene rings is 1. The first-order valence-electron chi connectivity index (χ1n) is 6.12. The van der Waals surface area contributed by atoms with Crippen LogP contribution >= 0.6 is 11.6 Å². The number of amides is 1. The number of hydrogen-bond donors (Lipinski definition) is 1. The van der Waals surface area contributed by atoms with E-state index >= 15 is 0 Å². The summed E-state index contributed by atoms with van der Waals surface area (Å²) in [4.78, 5) is 16.1. The van der Waals surface area contributed by atoms with E-state index in [9.17, 15) is 4.79 Å². The standard InChI is InChI=1S/C14H10ClN5O/c15-11-5-1-2-6-12(11)17-14(21)13-9-20(19-18-13)10-4-3-7-16-8-10/h1-9H,(H,17,21). The van der Waals surface area contributed by atoms with Gasteiger partial charge < -0.3 is 5.32 Å². The molecule has 1 N–H and O–H groups in total. The molecule has 3 aromatic rings. The minimum Gasteiger partial charge on any atom is -0.319 e. The quantitative estimate of drug-likeness (QED) is 0.806. The maximum atomic E-state index is 12.1. The predicted octanol–water partition coefficient (Wildman–Crippen LogP) is 2.57. The van der Waals surface area contributed by atoms with Crippen LogP contribution in [0.2, 0.25) is 5.02 Å². The normalized spacial score (nSPS) is 10.3. The molecule has 0 fully saturated rings. The van der Waals surface area contributed by atoms with Crippen LogP contribution in [0.15, 0.2) is 55.0 Å². The summed E-state index contributed by atoms with van der Waals surface area (Å²) in [7, 11) is 0. The highest BCUT2D eigenvalue weighted by Crippen LogP contribution is 2.20. The number of hydrogen-bond acceptors (Lipinski definition) is 4. The van der Waals surface area contributed by atoms with Crippen molar-refractivity contribution in [3.63, 3.8) is 0 Å². The highest BCUT2D eigenvalue weighted by atomic mass is 35.5. The molecule has 7 heteroatoms. The Morgan fingerprint density at radius 2 is 2.05 bits per heavy atom. The van der Waals surface area contributed by atoms with E-state index in [1.807, 2.05) is 6.07 Å². The topological polar surface area (TPSA) is 72.7 Å². The molecule has 1 amide bonds. The number of aromatic nitrogens is 4. The van der Waals surface area contributed by atoms with Crippen LogP contribution < -0.4 is 5.32 Å². The summed E-state index contributed by atoms with van der Waals surface area (Å²) < 4.78 is 1.48. The van der Waals surface area contributed by atoms with E-state index in [2.05, 4.69) is 20.6 Å². The van der Waals surface area contributed by atoms with Gasteiger partial charge in [0.2, 0.25) is 0 Å². The Bertz CT molecular complexity index is 772. The molecule has 3 rings (SSSR count). The molecule has 0 aliphatic heterocycles. The number of rotatable bonds is 3. The van der Waals surface area contributed by atoms with Crippen molar-refractivity contribution in [3.05, 3.63) is 65.7 Å². The predicted molar refractivity (Wildman–Crippen MR) is 78.6 cm³/mol. The Labute approximate surface area is 125 Å². The number of para-hydroxylation sites is 1. The van der Waals surface area contributed by atoms with E-state index in [0.29, 0.717) is 10.7 Å². The SMILES string of the molecule is O=C(Nc1ccccc1Cl)c1cn(-c2cccnc2)nn1. The van der Waals surface area contributed by atoms with Gasteiger partial charge in [0.15, 0.2) is 5.69 Å². The minimum atomic E-state index is -0.377. The summed E-state index contributed by atoms with van der Waals surface area (Å²) in [5.41, 5.74) is 1.45. The van der Waals surface area contributed by atoms with Crippen molar-refractivity contribution in [2.45, 2.75) is 0 Å². The summed E-state index contributed by atoms with van der Waals surface area (Å²) in [6.45, 7) is 0. The number of anilines is 1. The first-order valence-corrected chi connectivity index (χ1v) is 6.50. The highest BCUT2D eigenvalue weighted by Gasteiger charge is 2.13. The first-order chi connectivity index (χ1) is 10.2. The lowest BCUT2D eigenvalue weighted by molar-refractivity contribution is 0.102. The third-order valence-electron chi connectivity index (χ3n) is 2.76. The molecule has 0 unspecified atom stereocenters. The molecule has 0 spiro atoms. The van der Waals surface area contributed by atoms with Crippen molar-refractivity contribution in [2.75, 3.05) is 5.32 Å². The van der Waals surface area contributed by atoms with E-state index in [1.54, 1.807) is 42.7 Å². The Morgan fingerprint density at radius 3 is 2.81 bits per heavy atom. The zero-order valence-electron chi connectivity index (χ0n) is 10.8. The largest absolute Gasteiger partial charge is 0.319 e. The van der Waals surface area contributed by atoms with E-state index in [4.69, 9.17) is 11.6 Å². The number of carbonyl (C=O) groups excluding carboxylic acids is 1. The van der Waals surface area contributed by atoms with Gasteiger partial charge in [-0.25, -0.2) is 4.68 Å². The van der Waals surface area contributed by atoms with E-state index in [-0.39, 0.29) is 11.6 Å². The number of carbonyl (C=O) groups is 1. The molecule has 104 valence electrons. The number of halogens is 1. The van der Waals surface area contributed by atoms with Gasteiger partial charge in [-0.05, 0) is 24.3 Å². The average molecular weight is 300 g/mol. The molecule has 1 aromatic carbocycles. The lowest BCUT2D eigenvalue weighted by Gasteiger charge is -2.04. The van der Waals surface area contributed by atoms with Crippen LogP contribution in [-0.4, -0.2) is 25.9 Å². The van der Waals surface area contributed by atoms with Gasteiger partial charge in [0, 0.05) is 6.20 Å². The molecule has 2 heterocycles. The monoisotopic (exact) mass is 299 g/mol. The van der Waals surface area contributed by atoms with Crippen molar-refractivity contribution in [2.24, 2.45) is 0 Å². The zero-order valence-corrected chi connectivity index (χ0v) is 11.5. The lowest BCUT2D eigenvalue weighted by Crippen LogP contribution is -2.12. The van der Waals surface area contributed by atoms with Gasteiger partial charge in [-0.15, -0.1) is 5.10 Å². The number of nitrogens with zero attached hydrogens (tertiary/aromatic N) is 4. The van der Waals surface area contributed by atoms with Gasteiger partial charge in [-0.1, -0.05) is 28.9 Å². The van der Waals surface area contributed by atoms with Crippen LogP contribution in [-0.2, 0) is 0 Å². The molecule has 0 atom stereocenters. The Balaban J connectivity index is 1.80. The van der Waals surface area contributed by atoms with Gasteiger partial charge in [0.1, 0.15) is 0 Å². The van der Waals surface area contributed by atoms with E-state index in [0.717, 1.165) is 5.69 Å². The van der Waals surface area contributed by atoms with E-state index in [1.165, 1.54) is 10.9 Å². The van der Waals surface area contributed by atoms with Crippen molar-refractivity contribution >= 4 is 23.2 Å². The van der Waals surface area contributed by atoms with Crippen LogP contribution in [0.3, 0.4) is 0 Å². The summed E-state index contributed by atoms with van der Waals surface area (Å²) >= 11 is 5.99. The Morgan fingerprint density at radius 1 is 1.19 bits per heavy atom. The molecule has 21 heavy (non-hydrogen) atoms. The maximum Gasteiger partial charge on any atom is 0.277 e. The molecule has 2 aromatic heterocycles. The number of nitrogens with one attached hydrogen (secondary N) is 1. The second kappa shape index (κ2) is 5.72. The summed E-state index contributed by atoms with van der Waals surface area (Å²) in [6, 6.07) is 10.6. The fourth-order valence-electron chi connectivity index (χ4n) is 1.73. The number of pyridine rings is 1. The van der Waals surface area contributed by atoms with Gasteiger partial charge in [0.25, 0.3) is 5.91 Å². The average Bonchev–Trinajstić information content (AvgIpc) is 3.00. The van der Waals surface area contributed by atoms with Gasteiger partial charge in [-0.3, -0.25) is 9.78 Å². The second-order valence-electron chi connectivity index (χ2n) is 4.19. The zero-order chi connectivity index (χ0) is 14.7. The Hall–Kier alpha value is -2.73. The molecule has 0 saturated heterocycles. The fourth-order valence-corrected chi connectivity index (χ4v) is 1.92. The lowest BCUT2D eigenvalue weighted by atomic mass is 10.3. The van der Waals surface area contributed by atoms with Crippen molar-refractivity contribution in [3.8, 4) is 5.69 Å². The molecule has 0 aliphatic rings. The molecule has 0 bridgehead atoms. The van der Waals surface area contributed by atoms with Crippen molar-refractivity contribution < 1.29 is 4.79 Å². The molecular formula is C14H10ClN5O. The maximum absolute atomic E-state index is 12.1. The van der Waals surface area contributed by atoms with Crippen molar-refractivity contribution in [1.29, 1.82) is 0 Å². The third-order valence-corrected chi connectivity index (χ3v) is 3.09. The highest BCUT2D eigenvalue weighted by molar-refractivity contribution is 6.33. The first kappa shape index (κ1) is 13.3. The summed E-state index contributed by atoms with van der Waals surface area (Å²) in [5, 5.41) is 10.9. The van der Waals surface area contributed by atoms with Gasteiger partial charge in [0.05, 0.1) is 28.8 Å². The van der Waals surface area contributed by atoms with Crippen LogP contribution in [0.1, 0.15) is 10.5 Å². The van der Waals surface area contributed by atoms with Crippen LogP contribution in [0.5, 0.6) is 0 Å². The minimum absolute atomic E-state index is 0.193. The smallest absolute Gasteiger partial charge is 0.277 e. The van der Waals surface area contributed by atoms with Crippen LogP contribution in [0, 0.1) is 0 Å². The molecule has 6 nitrogen and oxygen atoms in total. The molecule has 0 radical (unpaired) electrons. The third kappa shape index (κ3) is 2.90. The van der Waals surface area contributed by atoms with E-state index < -0.39 is 0 Å². The molecule has 0 aliphatic carbocycles. The van der Waals surface area contributed by atoms with Crippen molar-refractivity contribution in [1.82, 2.24) is 20.0 Å². The Kier molecular flexibility index (Phi) is 3.61. The summed E-state index contributed by atoms with van der Waals surface area (Å²) in [5.74, 6) is -0.377. The van der Waals surface area contributed by atoms with Gasteiger partial charge >= 0.3 is 0 Å².